The second-order valence-electron chi connectivity index (χ2n) is 3.04. The van der Waals surface area contributed by atoms with Crippen LogP contribution >= 0.6 is 27.5 Å². The normalized spacial score (nSPS) is 10.7. The predicted octanol–water partition coefficient (Wildman–Crippen LogP) is 3.74. The van der Waals surface area contributed by atoms with Crippen LogP contribution in [0.2, 0.25) is 0 Å². The van der Waals surface area contributed by atoms with Gasteiger partial charge in [-0.3, -0.25) is 4.79 Å². The van der Waals surface area contributed by atoms with E-state index in [1.807, 2.05) is 0 Å². The van der Waals surface area contributed by atoms with Crippen LogP contribution in [0.3, 0.4) is 0 Å². The smallest absolute Gasteiger partial charge is 0.263 e. The van der Waals surface area contributed by atoms with Gasteiger partial charge in [-0.1, -0.05) is 15.9 Å². The van der Waals surface area contributed by atoms with Crippen LogP contribution in [0.5, 0.6) is 0 Å². The third kappa shape index (κ3) is 3.87. The average Bonchev–Trinajstić information content (AvgIpc) is 2.16. The van der Waals surface area contributed by atoms with Crippen LogP contribution in [-0.2, 0) is 11.2 Å². The summed E-state index contributed by atoms with van der Waals surface area (Å²) in [5.74, 6) is -0.286. The van der Waals surface area contributed by atoms with Crippen molar-refractivity contribution in [2.24, 2.45) is 0 Å². The molecule has 1 nitrogen and oxygen atoms in total. The Morgan fingerprint density at radius 1 is 1.40 bits per heavy atom. The van der Waals surface area contributed by atoms with Gasteiger partial charge >= 0.3 is 0 Å². The number of hydrogen-bond acceptors (Lipinski definition) is 1. The van der Waals surface area contributed by atoms with Crippen LogP contribution in [0.1, 0.15) is 17.6 Å². The molecular weight excluding hydrogens is 289 g/mol. The molecule has 0 heterocycles. The Hall–Kier alpha value is -0.480. The maximum atomic E-state index is 12.4. The molecule has 0 N–H and O–H groups in total. The Labute approximate surface area is 99.6 Å². The quantitative estimate of drug-likeness (QED) is 0.774. The number of ketones is 1. The number of halogens is 4. The maximum Gasteiger partial charge on any atom is 0.263 e. The first-order valence-corrected chi connectivity index (χ1v) is 5.51. The summed E-state index contributed by atoms with van der Waals surface area (Å²) < 4.78 is 25.4. The first kappa shape index (κ1) is 12.6. The van der Waals surface area contributed by atoms with Crippen molar-refractivity contribution in [1.29, 1.82) is 0 Å². The molecule has 0 unspecified atom stereocenters. The molecule has 0 aromatic heterocycles. The van der Waals surface area contributed by atoms with Crippen LogP contribution in [0.25, 0.3) is 0 Å². The molecule has 0 atom stereocenters. The van der Waals surface area contributed by atoms with Gasteiger partial charge in [0, 0.05) is 16.5 Å². The van der Waals surface area contributed by atoms with Gasteiger partial charge in [0.15, 0.2) is 5.78 Å². The SMILES string of the molecule is O=C(CCl)Cc1cc(Br)cc(C(F)F)c1. The zero-order valence-electron chi connectivity index (χ0n) is 7.64. The highest BCUT2D eigenvalue weighted by Crippen LogP contribution is 2.24. The van der Waals surface area contributed by atoms with E-state index in [2.05, 4.69) is 15.9 Å². The lowest BCUT2D eigenvalue weighted by Crippen LogP contribution is -2.04. The van der Waals surface area contributed by atoms with Crippen LogP contribution in [0, 0.1) is 0 Å². The van der Waals surface area contributed by atoms with Gasteiger partial charge in [-0.25, -0.2) is 8.78 Å². The number of Topliss-reactive ketones (excluding diaryl/α,β-unsaturated/α-hetero) is 1. The highest BCUT2D eigenvalue weighted by atomic mass is 79.9. The highest BCUT2D eigenvalue weighted by Gasteiger charge is 2.10. The van der Waals surface area contributed by atoms with Gasteiger partial charge in [-0.15, -0.1) is 11.6 Å². The number of alkyl halides is 3. The average molecular weight is 298 g/mol. The lowest BCUT2D eigenvalue weighted by atomic mass is 10.1. The number of benzene rings is 1. The Balaban J connectivity index is 2.93. The molecule has 0 spiro atoms. The first-order valence-electron chi connectivity index (χ1n) is 4.18. The zero-order valence-corrected chi connectivity index (χ0v) is 9.99. The molecule has 1 aromatic rings. The Bertz CT molecular complexity index is 368. The van der Waals surface area contributed by atoms with E-state index >= 15 is 0 Å². The fraction of sp³-hybridized carbons (Fsp3) is 0.300. The minimum atomic E-state index is -2.53. The van der Waals surface area contributed by atoms with Crippen LogP contribution in [0.15, 0.2) is 22.7 Å². The summed E-state index contributed by atoms with van der Waals surface area (Å²) in [5, 5.41) is 0. The summed E-state index contributed by atoms with van der Waals surface area (Å²) in [6, 6.07) is 4.29. The Morgan fingerprint density at radius 3 is 2.60 bits per heavy atom. The van der Waals surface area contributed by atoms with E-state index in [1.165, 1.54) is 12.1 Å². The van der Waals surface area contributed by atoms with Crippen molar-refractivity contribution >= 4 is 33.3 Å². The molecule has 0 aliphatic rings. The van der Waals surface area contributed by atoms with E-state index in [-0.39, 0.29) is 23.6 Å². The van der Waals surface area contributed by atoms with E-state index in [9.17, 15) is 13.6 Å². The van der Waals surface area contributed by atoms with E-state index in [1.54, 1.807) is 6.07 Å². The minimum Gasteiger partial charge on any atom is -0.298 e. The topological polar surface area (TPSA) is 17.1 Å². The summed E-state index contributed by atoms with van der Waals surface area (Å²) >= 11 is 8.45. The van der Waals surface area contributed by atoms with Gasteiger partial charge in [-0.05, 0) is 23.8 Å². The first-order chi connectivity index (χ1) is 7.02. The Kier molecular flexibility index (Phi) is 4.67. The van der Waals surface area contributed by atoms with E-state index in [0.29, 0.717) is 10.0 Å². The minimum absolute atomic E-state index is 0.0860. The number of rotatable bonds is 4. The molecule has 0 saturated carbocycles. The molecule has 82 valence electrons. The van der Waals surface area contributed by atoms with Gasteiger partial charge in [0.1, 0.15) is 0 Å². The van der Waals surface area contributed by atoms with Gasteiger partial charge in [0.05, 0.1) is 5.88 Å². The summed E-state index contributed by atoms with van der Waals surface area (Å²) in [4.78, 5) is 11.0. The molecule has 15 heavy (non-hydrogen) atoms. The zero-order chi connectivity index (χ0) is 11.4. The molecule has 1 rings (SSSR count). The lowest BCUT2D eigenvalue weighted by molar-refractivity contribution is -0.116. The third-order valence-electron chi connectivity index (χ3n) is 1.78. The van der Waals surface area contributed by atoms with E-state index in [4.69, 9.17) is 11.6 Å². The van der Waals surface area contributed by atoms with Gasteiger partial charge < -0.3 is 0 Å². The summed E-state index contributed by atoms with van der Waals surface area (Å²) in [6.07, 6.45) is -2.45. The predicted molar refractivity (Wildman–Crippen MR) is 58.5 cm³/mol. The second-order valence-corrected chi connectivity index (χ2v) is 4.23. The second kappa shape index (κ2) is 5.56. The standard InChI is InChI=1S/C10H8BrClF2O/c11-8-2-6(3-9(15)5-12)1-7(4-8)10(13)14/h1-2,4,10H,3,5H2. The largest absolute Gasteiger partial charge is 0.298 e. The molecule has 0 aliphatic heterocycles. The summed E-state index contributed by atoms with van der Waals surface area (Å²) in [7, 11) is 0. The van der Waals surface area contributed by atoms with Crippen molar-refractivity contribution in [2.75, 3.05) is 5.88 Å². The Morgan fingerprint density at radius 2 is 2.07 bits per heavy atom. The number of hydrogen-bond donors (Lipinski definition) is 0. The number of carbonyl (C=O) groups is 1. The molecule has 0 bridgehead atoms. The van der Waals surface area contributed by atoms with Crippen molar-refractivity contribution in [2.45, 2.75) is 12.8 Å². The molecule has 0 radical (unpaired) electrons. The van der Waals surface area contributed by atoms with Crippen molar-refractivity contribution in [3.8, 4) is 0 Å². The lowest BCUT2D eigenvalue weighted by Gasteiger charge is -2.05. The summed E-state index contributed by atoms with van der Waals surface area (Å²) in [5.41, 5.74) is 0.451. The monoisotopic (exact) mass is 296 g/mol. The third-order valence-corrected chi connectivity index (χ3v) is 2.54. The van der Waals surface area contributed by atoms with Gasteiger partial charge in [0.25, 0.3) is 6.43 Å². The van der Waals surface area contributed by atoms with Crippen LogP contribution < -0.4 is 0 Å². The van der Waals surface area contributed by atoms with Crippen molar-refractivity contribution < 1.29 is 13.6 Å². The van der Waals surface area contributed by atoms with Gasteiger partial charge in [0.2, 0.25) is 0 Å². The van der Waals surface area contributed by atoms with Crippen LogP contribution in [0.4, 0.5) is 8.78 Å². The maximum absolute atomic E-state index is 12.4. The molecule has 1 aromatic carbocycles. The highest BCUT2D eigenvalue weighted by molar-refractivity contribution is 9.10. The van der Waals surface area contributed by atoms with Gasteiger partial charge in [-0.2, -0.15) is 0 Å². The molecule has 0 aliphatic carbocycles. The van der Waals surface area contributed by atoms with Crippen molar-refractivity contribution in [1.82, 2.24) is 0 Å². The molecule has 5 heteroatoms. The summed E-state index contributed by atoms with van der Waals surface area (Å²) in [6.45, 7) is 0. The van der Waals surface area contributed by atoms with E-state index < -0.39 is 6.43 Å². The molecular formula is C10H8BrClF2O. The number of carbonyl (C=O) groups excluding carboxylic acids is 1. The van der Waals surface area contributed by atoms with E-state index in [0.717, 1.165) is 0 Å². The van der Waals surface area contributed by atoms with Crippen LogP contribution in [-0.4, -0.2) is 11.7 Å². The van der Waals surface area contributed by atoms with Crippen molar-refractivity contribution in [3.05, 3.63) is 33.8 Å². The fourth-order valence-electron chi connectivity index (χ4n) is 1.18. The molecule has 0 amide bonds. The molecule has 0 saturated heterocycles. The fourth-order valence-corrected chi connectivity index (χ4v) is 1.83. The molecule has 0 fully saturated rings. The van der Waals surface area contributed by atoms with Crippen molar-refractivity contribution in [3.63, 3.8) is 0 Å².